The van der Waals surface area contributed by atoms with Crippen LogP contribution in [0.25, 0.3) is 0 Å². The van der Waals surface area contributed by atoms with Crippen LogP contribution in [0.3, 0.4) is 0 Å². The molecular weight excluding hydrogens is 520 g/mol. The van der Waals surface area contributed by atoms with Crippen molar-refractivity contribution < 1.29 is 33.8 Å². The molecule has 1 aromatic rings. The Bertz CT molecular complexity index is 947. The number of ether oxygens (including phenoxy) is 1. The van der Waals surface area contributed by atoms with Gasteiger partial charge in [-0.25, -0.2) is 14.4 Å². The van der Waals surface area contributed by atoms with E-state index in [1.807, 2.05) is 37.3 Å². The quantitative estimate of drug-likeness (QED) is 0.121. The minimum Gasteiger partial charge on any atom is -0.480 e. The second-order valence-corrected chi connectivity index (χ2v) is 9.60. The van der Waals surface area contributed by atoms with Crippen LogP contribution in [0.4, 0.5) is 9.59 Å². The highest BCUT2D eigenvalue weighted by Crippen LogP contribution is 2.10. The fraction of sp³-hybridized carbons (Fsp3) is 0.593. The fourth-order valence-electron chi connectivity index (χ4n) is 3.80. The van der Waals surface area contributed by atoms with Gasteiger partial charge in [0.1, 0.15) is 24.7 Å². The monoisotopic (exact) mass is 564 g/mol. The molecule has 0 saturated carbocycles. The van der Waals surface area contributed by atoms with Gasteiger partial charge in [-0.15, -0.1) is 0 Å². The Kier molecular flexibility index (Phi) is 16.4. The molecule has 1 rings (SSSR count). The summed E-state index contributed by atoms with van der Waals surface area (Å²) in [4.78, 5) is 61.1. The molecule has 0 fully saturated rings. The Morgan fingerprint density at radius 3 is 2.15 bits per heavy atom. The zero-order chi connectivity index (χ0) is 29.9. The largest absolute Gasteiger partial charge is 0.480 e. The number of benzene rings is 1. The van der Waals surface area contributed by atoms with Crippen molar-refractivity contribution in [3.63, 3.8) is 0 Å². The van der Waals surface area contributed by atoms with Crippen molar-refractivity contribution in [2.24, 2.45) is 17.4 Å². The van der Waals surface area contributed by atoms with Crippen molar-refractivity contribution >= 4 is 29.9 Å². The molecule has 13 heteroatoms. The van der Waals surface area contributed by atoms with Crippen LogP contribution in [0, 0.1) is 5.92 Å². The van der Waals surface area contributed by atoms with Gasteiger partial charge in [0.2, 0.25) is 11.8 Å². The molecule has 0 spiro atoms. The second-order valence-electron chi connectivity index (χ2n) is 9.60. The van der Waals surface area contributed by atoms with E-state index in [2.05, 4.69) is 21.3 Å². The van der Waals surface area contributed by atoms with Gasteiger partial charge in [-0.05, 0) is 56.6 Å². The summed E-state index contributed by atoms with van der Waals surface area (Å²) >= 11 is 0. The van der Waals surface area contributed by atoms with Crippen LogP contribution in [0.2, 0.25) is 0 Å². The Balaban J connectivity index is 2.70. The van der Waals surface area contributed by atoms with E-state index in [1.165, 1.54) is 0 Å². The number of carbonyl (C=O) groups excluding carboxylic acids is 4. The number of nitrogens with two attached hydrogens (primary N) is 2. The summed E-state index contributed by atoms with van der Waals surface area (Å²) in [6, 6.07) is 5.23. The van der Waals surface area contributed by atoms with E-state index in [-0.39, 0.29) is 31.9 Å². The number of amides is 5. The van der Waals surface area contributed by atoms with Crippen molar-refractivity contribution in [3.8, 4) is 0 Å². The highest BCUT2D eigenvalue weighted by atomic mass is 16.5. The van der Waals surface area contributed by atoms with Crippen LogP contribution in [0.5, 0.6) is 0 Å². The number of aliphatic carboxylic acids is 1. The molecule has 0 saturated heterocycles. The van der Waals surface area contributed by atoms with Crippen LogP contribution in [0.1, 0.15) is 64.4 Å². The number of alkyl carbamates (subject to hydrolysis) is 1. The summed E-state index contributed by atoms with van der Waals surface area (Å²) in [7, 11) is 0. The minimum atomic E-state index is -1.20. The summed E-state index contributed by atoms with van der Waals surface area (Å²) in [6.07, 6.45) is 2.35. The molecule has 1 aromatic carbocycles. The third-order valence-corrected chi connectivity index (χ3v) is 6.39. The van der Waals surface area contributed by atoms with Crippen LogP contribution >= 0.6 is 0 Å². The number of rotatable bonds is 19. The number of urea groups is 1. The van der Waals surface area contributed by atoms with E-state index < -0.39 is 48.0 Å². The Morgan fingerprint density at radius 1 is 0.925 bits per heavy atom. The fourth-order valence-corrected chi connectivity index (χ4v) is 3.80. The van der Waals surface area contributed by atoms with Gasteiger partial charge in [0.05, 0.1) is 0 Å². The molecule has 0 aliphatic heterocycles. The van der Waals surface area contributed by atoms with Crippen LogP contribution in [-0.2, 0) is 25.7 Å². The van der Waals surface area contributed by atoms with Gasteiger partial charge in [0.25, 0.3) is 0 Å². The third kappa shape index (κ3) is 13.8. The molecule has 0 radical (unpaired) electrons. The predicted octanol–water partition coefficient (Wildman–Crippen LogP) is 1.35. The maximum absolute atomic E-state index is 13.1. The number of unbranched alkanes of at least 4 members (excludes halogenated alkanes) is 2. The normalized spacial score (nSPS) is 13.7. The lowest BCUT2D eigenvalue weighted by Crippen LogP contribution is -2.57. The average molecular weight is 565 g/mol. The highest BCUT2D eigenvalue weighted by Gasteiger charge is 2.29. The number of nitrogens with one attached hydrogen (secondary N) is 4. The molecule has 0 heterocycles. The molecule has 9 N–H and O–H groups in total. The lowest BCUT2D eigenvalue weighted by Gasteiger charge is -2.25. The minimum absolute atomic E-state index is 0.134. The first kappa shape index (κ1) is 34.2. The number of carboxylic acid groups (broad SMARTS) is 1. The molecule has 0 aliphatic carbocycles. The Hall–Kier alpha value is -3.87. The van der Waals surface area contributed by atoms with Crippen molar-refractivity contribution in [2.45, 2.75) is 83.5 Å². The van der Waals surface area contributed by atoms with Gasteiger partial charge in [-0.1, -0.05) is 50.6 Å². The summed E-state index contributed by atoms with van der Waals surface area (Å²) < 4.78 is 5.16. The molecule has 13 nitrogen and oxygen atoms in total. The number of hydrogen-bond donors (Lipinski definition) is 7. The maximum Gasteiger partial charge on any atom is 0.407 e. The summed E-state index contributed by atoms with van der Waals surface area (Å²) in [5.74, 6) is -2.76. The van der Waals surface area contributed by atoms with Crippen LogP contribution in [-0.4, -0.2) is 66.2 Å². The van der Waals surface area contributed by atoms with Gasteiger partial charge in [-0.3, -0.25) is 9.59 Å². The smallest absolute Gasteiger partial charge is 0.407 e. The van der Waals surface area contributed by atoms with Crippen molar-refractivity contribution in [3.05, 3.63) is 35.9 Å². The molecule has 0 bridgehead atoms. The zero-order valence-corrected chi connectivity index (χ0v) is 23.3. The Morgan fingerprint density at radius 2 is 1.55 bits per heavy atom. The van der Waals surface area contributed by atoms with E-state index in [0.29, 0.717) is 38.6 Å². The van der Waals surface area contributed by atoms with Crippen LogP contribution in [0.15, 0.2) is 30.3 Å². The number of primary amides is 1. The number of carbonyl (C=O) groups is 5. The predicted molar refractivity (Wildman–Crippen MR) is 149 cm³/mol. The van der Waals surface area contributed by atoms with Gasteiger partial charge in [-0.2, -0.15) is 0 Å². The lowest BCUT2D eigenvalue weighted by molar-refractivity contribution is -0.139. The number of carboxylic acids is 1. The summed E-state index contributed by atoms with van der Waals surface area (Å²) in [6.45, 7) is 4.43. The van der Waals surface area contributed by atoms with Gasteiger partial charge in [0, 0.05) is 6.54 Å². The van der Waals surface area contributed by atoms with E-state index in [0.717, 1.165) is 5.56 Å². The van der Waals surface area contributed by atoms with E-state index in [1.54, 1.807) is 6.92 Å². The SMILES string of the molecule is CCC(C)C(NC(=O)[C@@H](CCCCNC(=O)OCc1ccccc1)NC(=O)N[C@@H](CCCCN)C(=O)O)C(N)=O. The molecule has 0 aromatic heterocycles. The summed E-state index contributed by atoms with van der Waals surface area (Å²) in [5, 5.41) is 19.6. The van der Waals surface area contributed by atoms with Crippen LogP contribution < -0.4 is 32.7 Å². The first-order chi connectivity index (χ1) is 19.1. The molecule has 4 atom stereocenters. The number of hydrogen-bond acceptors (Lipinski definition) is 7. The van der Waals surface area contributed by atoms with Crippen molar-refractivity contribution in [1.82, 2.24) is 21.3 Å². The first-order valence-electron chi connectivity index (χ1n) is 13.6. The van der Waals surface area contributed by atoms with Gasteiger partial charge in [0.15, 0.2) is 0 Å². The van der Waals surface area contributed by atoms with E-state index in [4.69, 9.17) is 16.2 Å². The second kappa shape index (κ2) is 19.2. The maximum atomic E-state index is 13.1. The third-order valence-electron chi connectivity index (χ3n) is 6.39. The Labute approximate surface area is 235 Å². The first-order valence-corrected chi connectivity index (χ1v) is 13.6. The molecule has 224 valence electrons. The van der Waals surface area contributed by atoms with E-state index in [9.17, 15) is 29.1 Å². The van der Waals surface area contributed by atoms with Gasteiger partial charge < -0.3 is 42.6 Å². The standard InChI is InChI=1S/C27H44N6O7/c1-3-18(2)22(23(29)34)33-24(35)20(31-26(38)32-21(25(36)37)14-7-9-15-28)13-8-10-16-30-27(39)40-17-19-11-5-4-6-12-19/h4-6,11-12,18,20-22H,3,7-10,13-17,28H2,1-2H3,(H2,29,34)(H,30,39)(H,33,35)(H,36,37)(H2,31,32,38)/t18?,20-,21+,22?/m1/s1. The van der Waals surface area contributed by atoms with E-state index >= 15 is 0 Å². The lowest BCUT2D eigenvalue weighted by atomic mass is 9.98. The molecule has 2 unspecified atom stereocenters. The average Bonchev–Trinajstić information content (AvgIpc) is 2.93. The molecular formula is C27H44N6O7. The molecule has 0 aliphatic rings. The van der Waals surface area contributed by atoms with Crippen molar-refractivity contribution in [2.75, 3.05) is 13.1 Å². The molecule has 40 heavy (non-hydrogen) atoms. The molecule has 5 amide bonds. The topological polar surface area (TPSA) is 215 Å². The van der Waals surface area contributed by atoms with Crippen molar-refractivity contribution in [1.29, 1.82) is 0 Å². The zero-order valence-electron chi connectivity index (χ0n) is 23.3. The highest BCUT2D eigenvalue weighted by molar-refractivity contribution is 5.92. The summed E-state index contributed by atoms with van der Waals surface area (Å²) in [5.41, 5.74) is 11.8. The van der Waals surface area contributed by atoms with Gasteiger partial charge >= 0.3 is 18.1 Å².